The van der Waals surface area contributed by atoms with Crippen molar-refractivity contribution in [2.45, 2.75) is 33.2 Å². The zero-order chi connectivity index (χ0) is 13.3. The lowest BCUT2D eigenvalue weighted by atomic mass is 10.2. The van der Waals surface area contributed by atoms with Crippen molar-refractivity contribution >= 4 is 27.7 Å². The fourth-order valence-electron chi connectivity index (χ4n) is 1.92. The summed E-state index contributed by atoms with van der Waals surface area (Å²) in [6.45, 7) is 4.22. The molecule has 0 aliphatic rings. The number of pyridine rings is 1. The number of fused-ring (bicyclic) bond motifs is 1. The van der Waals surface area contributed by atoms with Gasteiger partial charge in [-0.15, -0.1) is 0 Å². The molecule has 0 aliphatic heterocycles. The van der Waals surface area contributed by atoms with Gasteiger partial charge in [-0.25, -0.2) is 4.98 Å². The van der Waals surface area contributed by atoms with E-state index in [1.807, 2.05) is 19.9 Å². The molecule has 0 aliphatic carbocycles. The lowest BCUT2D eigenvalue weighted by Crippen LogP contribution is -2.14. The number of aliphatic carboxylic acids is 1. The highest BCUT2D eigenvalue weighted by atomic mass is 32.1. The number of aromatic nitrogens is 2. The van der Waals surface area contributed by atoms with Gasteiger partial charge in [-0.3, -0.25) is 13.5 Å². The van der Waals surface area contributed by atoms with Crippen molar-refractivity contribution in [3.8, 4) is 0 Å². The van der Waals surface area contributed by atoms with Crippen molar-refractivity contribution in [1.29, 1.82) is 0 Å². The summed E-state index contributed by atoms with van der Waals surface area (Å²) in [5.74, 6) is -0.839. The zero-order valence-electron chi connectivity index (χ0n) is 10.3. The molecule has 2 rings (SSSR count). The van der Waals surface area contributed by atoms with Crippen LogP contribution in [0.5, 0.6) is 0 Å². The van der Waals surface area contributed by atoms with Gasteiger partial charge < -0.3 is 5.11 Å². The van der Waals surface area contributed by atoms with E-state index in [0.29, 0.717) is 18.4 Å². The molecule has 0 spiro atoms. The van der Waals surface area contributed by atoms with E-state index < -0.39 is 5.97 Å². The van der Waals surface area contributed by atoms with Gasteiger partial charge in [0.05, 0.1) is 5.39 Å². The third kappa shape index (κ3) is 2.43. The maximum absolute atomic E-state index is 12.1. The van der Waals surface area contributed by atoms with E-state index in [2.05, 4.69) is 4.98 Å². The Morgan fingerprint density at radius 1 is 1.50 bits per heavy atom. The second kappa shape index (κ2) is 4.89. The van der Waals surface area contributed by atoms with Crippen LogP contribution in [-0.4, -0.2) is 20.0 Å². The number of nitrogens with zero attached hydrogens (tertiary/aromatic N) is 2. The van der Waals surface area contributed by atoms with Gasteiger partial charge in [0, 0.05) is 18.7 Å². The van der Waals surface area contributed by atoms with E-state index >= 15 is 0 Å². The van der Waals surface area contributed by atoms with Gasteiger partial charge in [-0.1, -0.05) is 0 Å². The van der Waals surface area contributed by atoms with E-state index in [1.54, 1.807) is 3.96 Å². The van der Waals surface area contributed by atoms with Crippen LogP contribution in [0.25, 0.3) is 10.2 Å². The summed E-state index contributed by atoms with van der Waals surface area (Å²) in [5.41, 5.74) is 1.75. The van der Waals surface area contributed by atoms with Gasteiger partial charge in [-0.2, -0.15) is 0 Å². The van der Waals surface area contributed by atoms with Crippen molar-refractivity contribution in [3.05, 3.63) is 27.7 Å². The minimum atomic E-state index is -0.839. The Labute approximate surface area is 108 Å². The second-order valence-electron chi connectivity index (χ2n) is 4.26. The predicted octanol–water partition coefficient (Wildman–Crippen LogP) is 1.94. The first-order valence-electron chi connectivity index (χ1n) is 5.69. The van der Waals surface area contributed by atoms with Gasteiger partial charge in [0.2, 0.25) is 0 Å². The molecule has 1 N–H and O–H groups in total. The molecule has 2 heterocycles. The Balaban J connectivity index is 2.36. The summed E-state index contributed by atoms with van der Waals surface area (Å²) in [5, 5.41) is 9.24. The fraction of sp³-hybridized carbons (Fsp3) is 0.417. The van der Waals surface area contributed by atoms with Crippen LogP contribution in [0.3, 0.4) is 0 Å². The first kappa shape index (κ1) is 12.8. The van der Waals surface area contributed by atoms with Gasteiger partial charge >= 0.3 is 5.97 Å². The Morgan fingerprint density at radius 3 is 2.89 bits per heavy atom. The lowest BCUT2D eigenvalue weighted by molar-refractivity contribution is -0.137. The number of carbonyl (C=O) groups is 1. The predicted molar refractivity (Wildman–Crippen MR) is 70.2 cm³/mol. The van der Waals surface area contributed by atoms with Crippen molar-refractivity contribution < 1.29 is 9.90 Å². The van der Waals surface area contributed by atoms with Crippen LogP contribution in [0.1, 0.15) is 24.1 Å². The monoisotopic (exact) mass is 266 g/mol. The molecule has 2 aromatic heterocycles. The van der Waals surface area contributed by atoms with Crippen LogP contribution in [-0.2, 0) is 11.3 Å². The van der Waals surface area contributed by atoms with Crippen LogP contribution in [0.2, 0.25) is 0 Å². The van der Waals surface area contributed by atoms with E-state index in [-0.39, 0.29) is 12.0 Å². The summed E-state index contributed by atoms with van der Waals surface area (Å²) in [7, 11) is 0. The van der Waals surface area contributed by atoms with Crippen molar-refractivity contribution in [2.75, 3.05) is 0 Å². The molecule has 0 saturated heterocycles. The molecule has 0 aromatic carbocycles. The molecular weight excluding hydrogens is 252 g/mol. The van der Waals surface area contributed by atoms with Gasteiger partial charge in [-0.05, 0) is 43.4 Å². The molecule has 0 bridgehead atoms. The minimum Gasteiger partial charge on any atom is -0.481 e. The van der Waals surface area contributed by atoms with Crippen molar-refractivity contribution in [3.63, 3.8) is 0 Å². The highest BCUT2D eigenvalue weighted by Gasteiger charge is 2.12. The van der Waals surface area contributed by atoms with E-state index in [1.165, 1.54) is 11.5 Å². The minimum absolute atomic E-state index is 0.0645. The average Bonchev–Trinajstić information content (AvgIpc) is 2.55. The molecule has 0 radical (unpaired) electrons. The average molecular weight is 266 g/mol. The first-order valence-corrected chi connectivity index (χ1v) is 6.46. The third-order valence-corrected chi connectivity index (χ3v) is 3.74. The van der Waals surface area contributed by atoms with Gasteiger partial charge in [0.25, 0.3) is 5.56 Å². The summed E-state index contributed by atoms with van der Waals surface area (Å²) in [4.78, 5) is 27.6. The summed E-state index contributed by atoms with van der Waals surface area (Å²) < 4.78 is 1.59. The third-order valence-electron chi connectivity index (χ3n) is 2.70. The van der Waals surface area contributed by atoms with Gasteiger partial charge in [0.1, 0.15) is 4.83 Å². The van der Waals surface area contributed by atoms with Crippen molar-refractivity contribution in [2.24, 2.45) is 0 Å². The standard InChI is InChI=1S/C12H14N2O3S/c1-7-6-8(2)13-11-10(7)12(17)14(18-11)5-3-4-9(15)16/h6H,3-5H2,1-2H3,(H,15,16). The number of carboxylic acid groups (broad SMARTS) is 1. The molecule has 0 atom stereocenters. The Hall–Kier alpha value is -1.69. The molecule has 0 saturated carbocycles. The topological polar surface area (TPSA) is 72.2 Å². The van der Waals surface area contributed by atoms with Crippen LogP contribution in [0.15, 0.2) is 10.9 Å². The molecule has 2 aromatic rings. The fourth-order valence-corrected chi connectivity index (χ4v) is 3.05. The number of hydrogen-bond donors (Lipinski definition) is 1. The molecule has 6 heteroatoms. The van der Waals surface area contributed by atoms with E-state index in [0.717, 1.165) is 16.1 Å². The molecule has 5 nitrogen and oxygen atoms in total. The summed E-state index contributed by atoms with van der Waals surface area (Å²) in [6.07, 6.45) is 0.534. The largest absolute Gasteiger partial charge is 0.481 e. The summed E-state index contributed by atoms with van der Waals surface area (Å²) >= 11 is 1.30. The lowest BCUT2D eigenvalue weighted by Gasteiger charge is -1.96. The highest BCUT2D eigenvalue weighted by Crippen LogP contribution is 2.19. The molecule has 18 heavy (non-hydrogen) atoms. The number of rotatable bonds is 4. The number of hydrogen-bond acceptors (Lipinski definition) is 4. The highest BCUT2D eigenvalue weighted by molar-refractivity contribution is 7.13. The second-order valence-corrected chi connectivity index (χ2v) is 5.27. The number of carboxylic acids is 1. The molecule has 0 unspecified atom stereocenters. The zero-order valence-corrected chi connectivity index (χ0v) is 11.1. The normalized spacial score (nSPS) is 11.0. The Bertz CT molecular complexity index is 657. The maximum Gasteiger partial charge on any atom is 0.303 e. The van der Waals surface area contributed by atoms with E-state index in [9.17, 15) is 9.59 Å². The Morgan fingerprint density at radius 2 is 2.22 bits per heavy atom. The van der Waals surface area contributed by atoms with Crippen LogP contribution < -0.4 is 5.56 Å². The molecule has 0 amide bonds. The van der Waals surface area contributed by atoms with Crippen molar-refractivity contribution in [1.82, 2.24) is 8.94 Å². The molecular formula is C12H14N2O3S. The number of aryl methyl sites for hydroxylation is 3. The van der Waals surface area contributed by atoms with E-state index in [4.69, 9.17) is 5.11 Å². The maximum atomic E-state index is 12.1. The van der Waals surface area contributed by atoms with Crippen LogP contribution in [0, 0.1) is 13.8 Å². The summed E-state index contributed by atoms with van der Waals surface area (Å²) in [6, 6.07) is 1.89. The van der Waals surface area contributed by atoms with Crippen LogP contribution >= 0.6 is 11.5 Å². The molecule has 96 valence electrons. The quantitative estimate of drug-likeness (QED) is 0.918. The van der Waals surface area contributed by atoms with Crippen LogP contribution in [0.4, 0.5) is 0 Å². The smallest absolute Gasteiger partial charge is 0.303 e. The first-order chi connectivity index (χ1) is 8.49. The Kier molecular flexibility index (Phi) is 3.47. The van der Waals surface area contributed by atoms with Gasteiger partial charge in [0.15, 0.2) is 0 Å². The molecule has 0 fully saturated rings. The SMILES string of the molecule is Cc1cc(C)c2c(=O)n(CCCC(=O)O)sc2n1.